The summed E-state index contributed by atoms with van der Waals surface area (Å²) in [6, 6.07) is 51.6. The van der Waals surface area contributed by atoms with E-state index in [2.05, 4.69) is 233 Å². The molecule has 0 amide bonds. The minimum Gasteiger partial charge on any atom is -0.466 e. The first kappa shape index (κ1) is 43.1. The highest BCUT2D eigenvalue weighted by molar-refractivity contribution is 6.89. The molecule has 2 aromatic heterocycles. The van der Waals surface area contributed by atoms with Crippen LogP contribution in [0.4, 0.5) is 17.1 Å². The number of benzene rings is 7. The lowest BCUT2D eigenvalue weighted by atomic mass is 9.47. The molecule has 0 unspecified atom stereocenters. The molecule has 7 aromatic carbocycles. The van der Waals surface area contributed by atoms with Crippen LogP contribution in [0.25, 0.3) is 66.2 Å². The quantitative estimate of drug-likeness (QED) is 0.165. The van der Waals surface area contributed by atoms with Gasteiger partial charge in [-0.3, -0.25) is 0 Å². The first-order valence-corrected chi connectivity index (χ1v) is 25.1. The molecule has 9 aromatic rings. The molecule has 0 saturated heterocycles. The molecular formula is C64H65BN2O. The molecule has 3 aliphatic rings. The molecule has 0 N–H and O–H groups in total. The van der Waals surface area contributed by atoms with Crippen molar-refractivity contribution in [2.24, 2.45) is 0 Å². The van der Waals surface area contributed by atoms with E-state index >= 15 is 0 Å². The van der Waals surface area contributed by atoms with Crippen LogP contribution < -0.4 is 16.0 Å². The van der Waals surface area contributed by atoms with Gasteiger partial charge in [-0.05, 0) is 156 Å². The summed E-state index contributed by atoms with van der Waals surface area (Å²) < 4.78 is 10.4. The summed E-state index contributed by atoms with van der Waals surface area (Å²) in [5, 5.41) is 3.80. The molecule has 0 fully saturated rings. The number of fused-ring (bicyclic) bond motifs is 10. The molecule has 2 aliphatic heterocycles. The van der Waals surface area contributed by atoms with Crippen molar-refractivity contribution in [2.45, 2.75) is 130 Å². The zero-order chi connectivity index (χ0) is 47.6. The lowest BCUT2D eigenvalue weighted by molar-refractivity contribution is 0.332. The van der Waals surface area contributed by atoms with E-state index in [1.165, 1.54) is 99.5 Å². The van der Waals surface area contributed by atoms with Gasteiger partial charge in [0.25, 0.3) is 0 Å². The third-order valence-corrected chi connectivity index (χ3v) is 16.3. The number of hydrogen-bond acceptors (Lipinski definition) is 2. The molecule has 4 heteroatoms. The summed E-state index contributed by atoms with van der Waals surface area (Å²) in [5.41, 5.74) is 23.4. The fourth-order valence-electron chi connectivity index (χ4n) is 12.1. The topological polar surface area (TPSA) is 21.3 Å². The Morgan fingerprint density at radius 1 is 0.485 bits per heavy atom. The third kappa shape index (κ3) is 6.31. The van der Waals surface area contributed by atoms with Gasteiger partial charge in [0.2, 0.25) is 0 Å². The van der Waals surface area contributed by atoms with Crippen molar-refractivity contribution in [2.75, 3.05) is 4.90 Å². The average Bonchev–Trinajstić information content (AvgIpc) is 3.84. The van der Waals surface area contributed by atoms with Gasteiger partial charge in [0.1, 0.15) is 11.2 Å². The second-order valence-electron chi connectivity index (χ2n) is 24.9. The van der Waals surface area contributed by atoms with E-state index in [9.17, 15) is 0 Å². The van der Waals surface area contributed by atoms with Gasteiger partial charge in [0.15, 0.2) is 0 Å². The minimum atomic E-state index is -0.219. The largest absolute Gasteiger partial charge is 0.466 e. The lowest BCUT2D eigenvalue weighted by Gasteiger charge is -2.42. The molecule has 340 valence electrons. The van der Waals surface area contributed by atoms with Crippen molar-refractivity contribution < 1.29 is 4.42 Å². The predicted octanol–water partition coefficient (Wildman–Crippen LogP) is 16.5. The van der Waals surface area contributed by atoms with Gasteiger partial charge < -0.3 is 13.8 Å². The molecular weight excluding hydrogens is 824 g/mol. The molecule has 0 spiro atoms. The Hall–Kier alpha value is -6.26. The van der Waals surface area contributed by atoms with Gasteiger partial charge in [-0.15, -0.1) is 0 Å². The van der Waals surface area contributed by atoms with E-state index in [1.807, 2.05) is 0 Å². The SMILES string of the molecule is CC(C)(C)c1ccc(N2c3cc(-c4ccccc4)cc4c3B(c3oc5cc6c(cc5c32)C(C)(C)CCC6(C)C)n2c3ccc(C(C)(C)C)cc3c3cc(C(C)(C)C)cc-4c32)c(-c2ccccc2)c1. The van der Waals surface area contributed by atoms with Gasteiger partial charge in [-0.25, -0.2) is 0 Å². The summed E-state index contributed by atoms with van der Waals surface area (Å²) in [5.74, 6) is 0. The summed E-state index contributed by atoms with van der Waals surface area (Å²) in [6.45, 7) is 30.6. The summed E-state index contributed by atoms with van der Waals surface area (Å²) in [6.07, 6.45) is 2.28. The zero-order valence-corrected chi connectivity index (χ0v) is 42.5. The summed E-state index contributed by atoms with van der Waals surface area (Å²) in [7, 11) is 0. The fraction of sp³-hybridized carbons (Fsp3) is 0.312. The van der Waals surface area contributed by atoms with Gasteiger partial charge in [-0.2, -0.15) is 0 Å². The van der Waals surface area contributed by atoms with Crippen LogP contribution in [0.3, 0.4) is 0 Å². The second kappa shape index (κ2) is 14.2. The average molecular weight is 889 g/mol. The van der Waals surface area contributed by atoms with E-state index in [1.54, 1.807) is 0 Å². The van der Waals surface area contributed by atoms with Crippen molar-refractivity contribution in [3.63, 3.8) is 0 Å². The van der Waals surface area contributed by atoms with Crippen molar-refractivity contribution in [3.05, 3.63) is 161 Å². The monoisotopic (exact) mass is 889 g/mol. The maximum atomic E-state index is 7.72. The van der Waals surface area contributed by atoms with E-state index < -0.39 is 0 Å². The van der Waals surface area contributed by atoms with Crippen LogP contribution in [0.15, 0.2) is 138 Å². The van der Waals surface area contributed by atoms with Crippen molar-refractivity contribution in [1.29, 1.82) is 0 Å². The smallest absolute Gasteiger partial charge is 0.375 e. The number of rotatable bonds is 3. The first-order valence-electron chi connectivity index (χ1n) is 25.1. The summed E-state index contributed by atoms with van der Waals surface area (Å²) >= 11 is 0. The standard InChI is InChI=1S/C64H65BN2O/c1-60(2,3)41-24-26-52(44(32-41)39-22-18-15-19-23-39)66-54-31-40(38-20-16-14-17-21-38)30-46-48-35-43(62(7,8)9)34-47-45-33-42(61(4,5)6)25-27-53(45)67(57(47)48)65(56(46)54)59-58(66)49-36-50-51(37-55(49)68-59)64(12,13)29-28-63(50,10)11/h14-27,30-37H,28-29H2,1-13H3. The lowest BCUT2D eigenvalue weighted by Crippen LogP contribution is -2.56. The Kier molecular flexibility index (Phi) is 8.97. The Morgan fingerprint density at radius 2 is 1.06 bits per heavy atom. The zero-order valence-electron chi connectivity index (χ0n) is 42.5. The Bertz CT molecular complexity index is 3560. The first-order chi connectivity index (χ1) is 32.1. The molecule has 68 heavy (non-hydrogen) atoms. The number of anilines is 3. The maximum absolute atomic E-state index is 7.72. The van der Waals surface area contributed by atoms with Crippen LogP contribution in [-0.4, -0.2) is 11.3 Å². The molecule has 4 heterocycles. The number of hydrogen-bond donors (Lipinski definition) is 0. The van der Waals surface area contributed by atoms with E-state index in [-0.39, 0.29) is 33.9 Å². The summed E-state index contributed by atoms with van der Waals surface area (Å²) in [4.78, 5) is 2.63. The van der Waals surface area contributed by atoms with Gasteiger partial charge in [-0.1, -0.05) is 163 Å². The highest BCUT2D eigenvalue weighted by atomic mass is 16.3. The molecule has 0 bridgehead atoms. The van der Waals surface area contributed by atoms with Crippen LogP contribution in [0.1, 0.15) is 131 Å². The van der Waals surface area contributed by atoms with Crippen LogP contribution in [0.5, 0.6) is 0 Å². The van der Waals surface area contributed by atoms with Crippen LogP contribution >= 0.6 is 0 Å². The van der Waals surface area contributed by atoms with Crippen molar-refractivity contribution in [1.82, 2.24) is 4.48 Å². The number of aromatic nitrogens is 1. The second-order valence-corrected chi connectivity index (χ2v) is 24.9. The highest BCUT2D eigenvalue weighted by Gasteiger charge is 2.48. The van der Waals surface area contributed by atoms with E-state index in [0.717, 1.165) is 35.5 Å². The molecule has 3 nitrogen and oxygen atoms in total. The van der Waals surface area contributed by atoms with Gasteiger partial charge in [0.05, 0.1) is 11.4 Å². The Morgan fingerprint density at radius 3 is 1.71 bits per heavy atom. The van der Waals surface area contributed by atoms with Crippen LogP contribution in [0.2, 0.25) is 0 Å². The van der Waals surface area contributed by atoms with E-state index in [4.69, 9.17) is 4.42 Å². The molecule has 12 rings (SSSR count). The van der Waals surface area contributed by atoms with Gasteiger partial charge >= 0.3 is 6.85 Å². The highest BCUT2D eigenvalue weighted by Crippen LogP contribution is 2.54. The predicted molar refractivity (Wildman–Crippen MR) is 292 cm³/mol. The Balaban J connectivity index is 1.30. The van der Waals surface area contributed by atoms with Crippen molar-refractivity contribution >= 4 is 67.8 Å². The van der Waals surface area contributed by atoms with Gasteiger partial charge in [0, 0.05) is 44.0 Å². The number of nitrogens with zero attached hydrogens (tertiary/aromatic N) is 2. The van der Waals surface area contributed by atoms with Crippen LogP contribution in [0, 0.1) is 0 Å². The van der Waals surface area contributed by atoms with Crippen molar-refractivity contribution in [3.8, 4) is 33.4 Å². The minimum absolute atomic E-state index is 0.00904. The fourth-order valence-corrected chi connectivity index (χ4v) is 12.1. The molecule has 1 aliphatic carbocycles. The Labute approximate surface area is 404 Å². The normalized spacial score (nSPS) is 16.1. The molecule has 0 atom stereocenters. The van der Waals surface area contributed by atoms with E-state index in [0.29, 0.717) is 0 Å². The number of furan rings is 1. The van der Waals surface area contributed by atoms with Crippen LogP contribution in [-0.2, 0) is 27.1 Å². The molecule has 0 saturated carbocycles. The molecule has 0 radical (unpaired) electrons. The maximum Gasteiger partial charge on any atom is 0.375 e. The third-order valence-electron chi connectivity index (χ3n) is 16.3.